The fourth-order valence-corrected chi connectivity index (χ4v) is 1.24. The molecule has 0 bridgehead atoms. The average Bonchev–Trinajstić information content (AvgIpc) is 2.45. The number of rotatable bonds is 0. The number of nitrogens with zero attached hydrogens (tertiary/aromatic N) is 1. The van der Waals surface area contributed by atoms with Gasteiger partial charge in [0.1, 0.15) is 11.3 Å². The minimum atomic E-state index is -0.103. The van der Waals surface area contributed by atoms with Crippen molar-refractivity contribution < 1.29 is 9.52 Å². The van der Waals surface area contributed by atoms with Gasteiger partial charge in [-0.3, -0.25) is 0 Å². The normalized spacial score (nSPS) is 12.2. The molecule has 0 saturated heterocycles. The Morgan fingerprint density at radius 2 is 2.00 bits per heavy atom. The Morgan fingerprint density at radius 3 is 2.64 bits per heavy atom. The zero-order valence-electron chi connectivity index (χ0n) is 8.53. The van der Waals surface area contributed by atoms with Gasteiger partial charge in [-0.25, -0.2) is 4.98 Å². The molecular formula is C11H13NO2. The smallest absolute Gasteiger partial charge is 0.200 e. The number of hydrogen-bond donors (Lipinski definition) is 1. The monoisotopic (exact) mass is 191 g/mol. The first-order valence-electron chi connectivity index (χ1n) is 4.57. The first-order valence-corrected chi connectivity index (χ1v) is 4.57. The van der Waals surface area contributed by atoms with E-state index >= 15 is 0 Å². The quantitative estimate of drug-likeness (QED) is 0.696. The predicted octanol–water partition coefficient (Wildman–Crippen LogP) is 2.83. The van der Waals surface area contributed by atoms with Crippen molar-refractivity contribution in [1.82, 2.24) is 4.98 Å². The molecule has 0 aliphatic rings. The molecule has 0 amide bonds. The largest absolute Gasteiger partial charge is 0.508 e. The van der Waals surface area contributed by atoms with Crippen LogP contribution >= 0.6 is 0 Å². The van der Waals surface area contributed by atoms with E-state index in [9.17, 15) is 5.11 Å². The molecule has 1 aromatic carbocycles. The lowest BCUT2D eigenvalue weighted by atomic mass is 9.97. The zero-order valence-corrected chi connectivity index (χ0v) is 8.53. The van der Waals surface area contributed by atoms with Crippen molar-refractivity contribution in [2.45, 2.75) is 26.2 Å². The van der Waals surface area contributed by atoms with Crippen molar-refractivity contribution in [1.29, 1.82) is 0 Å². The van der Waals surface area contributed by atoms with Crippen LogP contribution in [-0.4, -0.2) is 10.1 Å². The van der Waals surface area contributed by atoms with Gasteiger partial charge < -0.3 is 9.52 Å². The molecule has 3 nitrogen and oxygen atoms in total. The maximum absolute atomic E-state index is 9.26. The molecule has 1 heterocycles. The molecule has 0 aliphatic heterocycles. The summed E-state index contributed by atoms with van der Waals surface area (Å²) in [5.74, 6) is 0.907. The van der Waals surface area contributed by atoms with Crippen LogP contribution in [0.3, 0.4) is 0 Å². The molecule has 14 heavy (non-hydrogen) atoms. The van der Waals surface area contributed by atoms with E-state index in [0.717, 1.165) is 0 Å². The van der Waals surface area contributed by atoms with Gasteiger partial charge in [0.2, 0.25) is 5.89 Å². The molecule has 0 saturated carbocycles. The van der Waals surface area contributed by atoms with E-state index in [4.69, 9.17) is 4.42 Å². The summed E-state index contributed by atoms with van der Waals surface area (Å²) in [6.45, 7) is 6.12. The maximum Gasteiger partial charge on any atom is 0.200 e. The molecule has 0 unspecified atom stereocenters. The second-order valence-electron chi connectivity index (χ2n) is 4.42. The third kappa shape index (κ3) is 1.45. The van der Waals surface area contributed by atoms with E-state index in [2.05, 4.69) is 4.98 Å². The molecule has 74 valence electrons. The van der Waals surface area contributed by atoms with Gasteiger partial charge >= 0.3 is 0 Å². The van der Waals surface area contributed by atoms with E-state index in [-0.39, 0.29) is 11.2 Å². The summed E-state index contributed by atoms with van der Waals surface area (Å²) in [7, 11) is 0. The lowest BCUT2D eigenvalue weighted by Crippen LogP contribution is -2.10. The fraction of sp³-hybridized carbons (Fsp3) is 0.364. The van der Waals surface area contributed by atoms with Crippen molar-refractivity contribution >= 4 is 11.1 Å². The van der Waals surface area contributed by atoms with Crippen molar-refractivity contribution in [2.75, 3.05) is 0 Å². The molecule has 1 aromatic heterocycles. The van der Waals surface area contributed by atoms with E-state index in [1.165, 1.54) is 0 Å². The summed E-state index contributed by atoms with van der Waals surface area (Å²) in [6.07, 6.45) is 0. The summed E-state index contributed by atoms with van der Waals surface area (Å²) in [5, 5.41) is 9.26. The van der Waals surface area contributed by atoms with Crippen LogP contribution < -0.4 is 0 Å². The molecule has 0 radical (unpaired) electrons. The molecule has 0 atom stereocenters. The number of oxazole rings is 1. The van der Waals surface area contributed by atoms with Gasteiger partial charge in [-0.15, -0.1) is 0 Å². The lowest BCUT2D eigenvalue weighted by molar-refractivity contribution is 0.411. The van der Waals surface area contributed by atoms with Gasteiger partial charge in [0.15, 0.2) is 5.58 Å². The lowest BCUT2D eigenvalue weighted by Gasteiger charge is -2.11. The second kappa shape index (κ2) is 2.74. The molecule has 0 spiro atoms. The number of aromatic nitrogens is 1. The van der Waals surface area contributed by atoms with Gasteiger partial charge in [-0.1, -0.05) is 20.8 Å². The van der Waals surface area contributed by atoms with Crippen LogP contribution in [0, 0.1) is 0 Å². The number of fused-ring (bicyclic) bond motifs is 1. The molecule has 0 aliphatic carbocycles. The van der Waals surface area contributed by atoms with Crippen LogP contribution in [0.4, 0.5) is 0 Å². The summed E-state index contributed by atoms with van der Waals surface area (Å²) >= 11 is 0. The Hall–Kier alpha value is -1.51. The number of hydrogen-bond acceptors (Lipinski definition) is 3. The van der Waals surface area contributed by atoms with Gasteiger partial charge in [-0.05, 0) is 12.1 Å². The third-order valence-corrected chi connectivity index (χ3v) is 2.01. The van der Waals surface area contributed by atoms with E-state index in [1.54, 1.807) is 18.2 Å². The molecule has 2 aromatic rings. The number of benzene rings is 1. The van der Waals surface area contributed by atoms with Crippen LogP contribution in [0.15, 0.2) is 22.6 Å². The Bertz CT molecular complexity index is 466. The van der Waals surface area contributed by atoms with Crippen LogP contribution in [0.25, 0.3) is 11.1 Å². The standard InChI is InChI=1S/C11H13NO2/c1-11(2,3)10-12-8-6-7(13)4-5-9(8)14-10/h4-6,13H,1-3H3. The Balaban J connectivity index is 2.63. The zero-order chi connectivity index (χ0) is 10.3. The highest BCUT2D eigenvalue weighted by molar-refractivity contribution is 5.74. The summed E-state index contributed by atoms with van der Waals surface area (Å²) in [4.78, 5) is 4.32. The van der Waals surface area contributed by atoms with Crippen molar-refractivity contribution in [3.63, 3.8) is 0 Å². The minimum Gasteiger partial charge on any atom is -0.508 e. The van der Waals surface area contributed by atoms with Crippen LogP contribution in [-0.2, 0) is 5.41 Å². The summed E-state index contributed by atoms with van der Waals surface area (Å²) in [5.41, 5.74) is 1.32. The van der Waals surface area contributed by atoms with Gasteiger partial charge in [0.25, 0.3) is 0 Å². The van der Waals surface area contributed by atoms with Crippen LogP contribution in [0.5, 0.6) is 5.75 Å². The number of phenolic OH excluding ortho intramolecular Hbond substituents is 1. The Morgan fingerprint density at radius 1 is 1.29 bits per heavy atom. The SMILES string of the molecule is CC(C)(C)c1nc2cc(O)ccc2o1. The number of aromatic hydroxyl groups is 1. The predicted molar refractivity (Wildman–Crippen MR) is 54.4 cm³/mol. The molecular weight excluding hydrogens is 178 g/mol. The first-order chi connectivity index (χ1) is 6.47. The third-order valence-electron chi connectivity index (χ3n) is 2.01. The van der Waals surface area contributed by atoms with Crippen molar-refractivity contribution in [3.05, 3.63) is 24.1 Å². The topological polar surface area (TPSA) is 46.3 Å². The summed E-state index contributed by atoms with van der Waals surface area (Å²) < 4.78 is 5.57. The van der Waals surface area contributed by atoms with Crippen molar-refractivity contribution in [2.24, 2.45) is 0 Å². The van der Waals surface area contributed by atoms with E-state index in [0.29, 0.717) is 17.0 Å². The highest BCUT2D eigenvalue weighted by atomic mass is 16.3. The summed E-state index contributed by atoms with van der Waals surface area (Å²) in [6, 6.07) is 4.93. The molecule has 3 heteroatoms. The minimum absolute atomic E-state index is 0.103. The maximum atomic E-state index is 9.26. The second-order valence-corrected chi connectivity index (χ2v) is 4.42. The van der Waals surface area contributed by atoms with Gasteiger partial charge in [0.05, 0.1) is 0 Å². The van der Waals surface area contributed by atoms with E-state index < -0.39 is 0 Å². The molecule has 1 N–H and O–H groups in total. The first kappa shape index (κ1) is 9.06. The van der Waals surface area contributed by atoms with E-state index in [1.807, 2.05) is 20.8 Å². The number of phenols is 1. The van der Waals surface area contributed by atoms with Crippen LogP contribution in [0.1, 0.15) is 26.7 Å². The fourth-order valence-electron chi connectivity index (χ4n) is 1.24. The van der Waals surface area contributed by atoms with Crippen molar-refractivity contribution in [3.8, 4) is 5.75 Å². The average molecular weight is 191 g/mol. The Kier molecular flexibility index (Phi) is 1.77. The van der Waals surface area contributed by atoms with Gasteiger partial charge in [0, 0.05) is 11.5 Å². The molecule has 2 rings (SSSR count). The van der Waals surface area contributed by atoms with Crippen LogP contribution in [0.2, 0.25) is 0 Å². The van der Waals surface area contributed by atoms with Gasteiger partial charge in [-0.2, -0.15) is 0 Å². The highest BCUT2D eigenvalue weighted by Gasteiger charge is 2.20. The Labute approximate surface area is 82.4 Å². The molecule has 0 fully saturated rings. The highest BCUT2D eigenvalue weighted by Crippen LogP contribution is 2.27.